The van der Waals surface area contributed by atoms with Gasteiger partial charge in [0.25, 0.3) is 5.91 Å². The Bertz CT molecular complexity index is 489. The molecule has 0 aliphatic carbocycles. The minimum atomic E-state index is -0.0558. The largest absolute Gasteiger partial charge is 0.349 e. The monoisotopic (exact) mass is 276 g/mol. The molecule has 5 heteroatoms. The molecule has 2 unspecified atom stereocenters. The molecule has 4 N–H and O–H groups in total. The van der Waals surface area contributed by atoms with Crippen LogP contribution in [0.5, 0.6) is 0 Å². The molecule has 0 aromatic heterocycles. The predicted octanol–water partition coefficient (Wildman–Crippen LogP) is 1.49. The van der Waals surface area contributed by atoms with Gasteiger partial charge in [-0.1, -0.05) is 6.07 Å². The Hall–Kier alpha value is -1.59. The van der Waals surface area contributed by atoms with Crippen LogP contribution in [0.25, 0.3) is 0 Å². The van der Waals surface area contributed by atoms with Gasteiger partial charge in [0.2, 0.25) is 0 Å². The molecule has 1 aliphatic rings. The number of anilines is 1. The number of amides is 1. The number of aryl methyl sites for hydroxylation is 1. The van der Waals surface area contributed by atoms with Crippen LogP contribution in [0.4, 0.5) is 5.69 Å². The van der Waals surface area contributed by atoms with Crippen molar-refractivity contribution in [2.75, 3.05) is 19.0 Å². The summed E-state index contributed by atoms with van der Waals surface area (Å²) in [4.78, 5) is 14.7. The maximum Gasteiger partial charge on any atom is 0.253 e. The van der Waals surface area contributed by atoms with E-state index in [-0.39, 0.29) is 11.9 Å². The van der Waals surface area contributed by atoms with Crippen LogP contribution in [0.3, 0.4) is 0 Å². The van der Waals surface area contributed by atoms with Gasteiger partial charge >= 0.3 is 0 Å². The minimum Gasteiger partial charge on any atom is -0.349 e. The second kappa shape index (κ2) is 6.24. The van der Waals surface area contributed by atoms with Crippen molar-refractivity contribution in [3.8, 4) is 0 Å². The number of carbonyl (C=O) groups is 1. The van der Waals surface area contributed by atoms with Crippen molar-refractivity contribution in [3.05, 3.63) is 29.3 Å². The van der Waals surface area contributed by atoms with Crippen molar-refractivity contribution in [3.63, 3.8) is 0 Å². The average molecular weight is 276 g/mol. The Kier molecular flexibility index (Phi) is 4.62. The van der Waals surface area contributed by atoms with Gasteiger partial charge in [-0.25, -0.2) is 0 Å². The molecule has 0 bridgehead atoms. The molecule has 0 radical (unpaired) electrons. The summed E-state index contributed by atoms with van der Waals surface area (Å²) in [5.41, 5.74) is 4.94. The molecule has 110 valence electrons. The highest BCUT2D eigenvalue weighted by Crippen LogP contribution is 2.19. The van der Waals surface area contributed by atoms with E-state index in [1.165, 1.54) is 0 Å². The summed E-state index contributed by atoms with van der Waals surface area (Å²) in [6.45, 7) is 5.18. The Labute approximate surface area is 120 Å². The number of carbonyl (C=O) groups excluding carboxylic acids is 1. The third-order valence-electron chi connectivity index (χ3n) is 4.12. The van der Waals surface area contributed by atoms with Crippen LogP contribution in [0.1, 0.15) is 35.7 Å². The standard InChI is InChI=1S/C15H24N4O/c1-10-4-5-13(14(8-10)18-16)15(20)17-12-6-7-19(3)11(2)9-12/h4-5,8,11-12,18H,6-7,9,16H2,1-3H3,(H,17,20). The molecule has 1 amide bonds. The van der Waals surface area contributed by atoms with Crippen LogP contribution >= 0.6 is 0 Å². The number of nitrogens with one attached hydrogen (secondary N) is 2. The fourth-order valence-corrected chi connectivity index (χ4v) is 2.66. The summed E-state index contributed by atoms with van der Waals surface area (Å²) in [7, 11) is 2.12. The van der Waals surface area contributed by atoms with Crippen LogP contribution in [-0.2, 0) is 0 Å². The molecule has 1 heterocycles. The Balaban J connectivity index is 2.05. The van der Waals surface area contributed by atoms with Gasteiger partial charge in [0.05, 0.1) is 11.3 Å². The molecule has 2 atom stereocenters. The summed E-state index contributed by atoms with van der Waals surface area (Å²) in [5, 5.41) is 3.12. The number of rotatable bonds is 3. The van der Waals surface area contributed by atoms with Crippen LogP contribution in [-0.4, -0.2) is 36.5 Å². The molecule has 5 nitrogen and oxygen atoms in total. The number of nitrogens with two attached hydrogens (primary N) is 1. The van der Waals surface area contributed by atoms with Gasteiger partial charge in [0, 0.05) is 18.6 Å². The van der Waals surface area contributed by atoms with Crippen molar-refractivity contribution >= 4 is 11.6 Å². The van der Waals surface area contributed by atoms with Crippen LogP contribution < -0.4 is 16.6 Å². The molecule has 1 saturated heterocycles. The van der Waals surface area contributed by atoms with Gasteiger partial charge in [0.1, 0.15) is 0 Å². The highest BCUT2D eigenvalue weighted by atomic mass is 16.1. The number of likely N-dealkylation sites (tertiary alicyclic amines) is 1. The van der Waals surface area contributed by atoms with E-state index in [2.05, 4.69) is 29.6 Å². The summed E-state index contributed by atoms with van der Waals surface area (Å²) < 4.78 is 0. The van der Waals surface area contributed by atoms with E-state index in [4.69, 9.17) is 5.84 Å². The van der Waals surface area contributed by atoms with E-state index in [1.54, 1.807) is 0 Å². The second-order valence-corrected chi connectivity index (χ2v) is 5.72. The molecule has 0 spiro atoms. The van der Waals surface area contributed by atoms with Gasteiger partial charge in [-0.05, 0) is 51.4 Å². The number of benzene rings is 1. The highest BCUT2D eigenvalue weighted by molar-refractivity contribution is 5.99. The lowest BCUT2D eigenvalue weighted by Crippen LogP contribution is -2.47. The highest BCUT2D eigenvalue weighted by Gasteiger charge is 2.24. The first-order valence-corrected chi connectivity index (χ1v) is 7.09. The van der Waals surface area contributed by atoms with Crippen LogP contribution in [0, 0.1) is 6.92 Å². The van der Waals surface area contributed by atoms with Crippen molar-refractivity contribution in [1.29, 1.82) is 0 Å². The summed E-state index contributed by atoms with van der Waals surface area (Å²) in [5.74, 6) is 5.44. The SMILES string of the molecule is Cc1ccc(C(=O)NC2CCN(C)C(C)C2)c(NN)c1. The fraction of sp³-hybridized carbons (Fsp3) is 0.533. The lowest BCUT2D eigenvalue weighted by Gasteiger charge is -2.35. The van der Waals surface area contributed by atoms with Crippen LogP contribution in [0.15, 0.2) is 18.2 Å². The quantitative estimate of drug-likeness (QED) is 0.578. The molecular weight excluding hydrogens is 252 g/mol. The number of nitrogens with zero attached hydrogens (tertiary/aromatic N) is 1. The van der Waals surface area contributed by atoms with E-state index in [0.717, 1.165) is 24.9 Å². The Morgan fingerprint density at radius 1 is 1.45 bits per heavy atom. The summed E-state index contributed by atoms with van der Waals surface area (Å²) in [6, 6.07) is 6.36. The molecule has 1 aromatic carbocycles. The van der Waals surface area contributed by atoms with E-state index in [9.17, 15) is 4.79 Å². The zero-order valence-electron chi connectivity index (χ0n) is 12.4. The molecule has 1 fully saturated rings. The third kappa shape index (κ3) is 3.29. The van der Waals surface area contributed by atoms with E-state index in [0.29, 0.717) is 17.3 Å². The first-order valence-electron chi connectivity index (χ1n) is 7.09. The number of piperidine rings is 1. The van der Waals surface area contributed by atoms with Gasteiger partial charge < -0.3 is 15.6 Å². The van der Waals surface area contributed by atoms with Crippen molar-refractivity contribution in [2.45, 2.75) is 38.8 Å². The fourth-order valence-electron chi connectivity index (χ4n) is 2.66. The Morgan fingerprint density at radius 3 is 2.85 bits per heavy atom. The summed E-state index contributed by atoms with van der Waals surface area (Å²) in [6.07, 6.45) is 1.98. The maximum atomic E-state index is 12.4. The number of hydrogen-bond donors (Lipinski definition) is 3. The summed E-state index contributed by atoms with van der Waals surface area (Å²) >= 11 is 0. The van der Waals surface area contributed by atoms with E-state index in [1.807, 2.05) is 25.1 Å². The number of hydrazine groups is 1. The van der Waals surface area contributed by atoms with Crippen molar-refractivity contribution < 1.29 is 4.79 Å². The minimum absolute atomic E-state index is 0.0558. The van der Waals surface area contributed by atoms with Crippen LogP contribution in [0.2, 0.25) is 0 Å². The van der Waals surface area contributed by atoms with Gasteiger partial charge in [-0.15, -0.1) is 0 Å². The molecule has 2 rings (SSSR count). The lowest BCUT2D eigenvalue weighted by molar-refractivity contribution is 0.0897. The first kappa shape index (κ1) is 14.8. The van der Waals surface area contributed by atoms with Gasteiger partial charge in [0.15, 0.2) is 0 Å². The van der Waals surface area contributed by atoms with Gasteiger partial charge in [-0.3, -0.25) is 10.6 Å². The first-order chi connectivity index (χ1) is 9.51. The molecular formula is C15H24N4O. The second-order valence-electron chi connectivity index (χ2n) is 5.72. The van der Waals surface area contributed by atoms with E-state index < -0.39 is 0 Å². The third-order valence-corrected chi connectivity index (χ3v) is 4.12. The molecule has 20 heavy (non-hydrogen) atoms. The number of nitrogen functional groups attached to an aromatic ring is 1. The van der Waals surface area contributed by atoms with Gasteiger partial charge in [-0.2, -0.15) is 0 Å². The smallest absolute Gasteiger partial charge is 0.253 e. The molecule has 1 aliphatic heterocycles. The van der Waals surface area contributed by atoms with Crippen molar-refractivity contribution in [1.82, 2.24) is 10.2 Å². The molecule has 0 saturated carbocycles. The average Bonchev–Trinajstić information content (AvgIpc) is 2.42. The molecule has 1 aromatic rings. The number of hydrogen-bond acceptors (Lipinski definition) is 4. The maximum absolute atomic E-state index is 12.4. The normalized spacial score (nSPS) is 23.4. The zero-order valence-corrected chi connectivity index (χ0v) is 12.4. The Morgan fingerprint density at radius 2 is 2.20 bits per heavy atom. The lowest BCUT2D eigenvalue weighted by atomic mass is 9.98. The predicted molar refractivity (Wildman–Crippen MR) is 81.6 cm³/mol. The topological polar surface area (TPSA) is 70.4 Å². The van der Waals surface area contributed by atoms with E-state index >= 15 is 0 Å². The zero-order chi connectivity index (χ0) is 14.7. The van der Waals surface area contributed by atoms with Crippen molar-refractivity contribution in [2.24, 2.45) is 5.84 Å².